The molecular formula is C13H24N4O3S. The molecule has 21 heavy (non-hydrogen) atoms. The van der Waals surface area contributed by atoms with Gasteiger partial charge in [-0.3, -0.25) is 0 Å². The Bertz CT molecular complexity index is 554. The van der Waals surface area contributed by atoms with Crippen molar-refractivity contribution < 1.29 is 13.2 Å². The standard InChI is InChI=1S/C13H24N4O3S/c1-4-7-8-9-10-16(5-2)13(18)17-11-14-12(15-17)21(19,20)6-3/h11H,4-10H2,1-3H3. The number of carbonyl (C=O) groups is 1. The summed E-state index contributed by atoms with van der Waals surface area (Å²) < 4.78 is 24.3. The molecule has 0 bridgehead atoms. The molecule has 0 fully saturated rings. The summed E-state index contributed by atoms with van der Waals surface area (Å²) in [6, 6.07) is -0.334. The molecule has 0 aromatic carbocycles. The lowest BCUT2D eigenvalue weighted by Gasteiger charge is -2.19. The van der Waals surface area contributed by atoms with Gasteiger partial charge in [-0.25, -0.2) is 18.2 Å². The summed E-state index contributed by atoms with van der Waals surface area (Å²) >= 11 is 0. The van der Waals surface area contributed by atoms with Gasteiger partial charge in [-0.1, -0.05) is 33.1 Å². The fraction of sp³-hybridized carbons (Fsp3) is 0.769. The molecule has 7 nitrogen and oxygen atoms in total. The van der Waals surface area contributed by atoms with Crippen molar-refractivity contribution in [1.82, 2.24) is 19.7 Å². The highest BCUT2D eigenvalue weighted by Crippen LogP contribution is 2.06. The fourth-order valence-corrected chi connectivity index (χ4v) is 2.55. The van der Waals surface area contributed by atoms with Crippen LogP contribution >= 0.6 is 0 Å². The van der Waals surface area contributed by atoms with Crippen molar-refractivity contribution in [2.45, 2.75) is 51.6 Å². The predicted molar refractivity (Wildman–Crippen MR) is 79.9 cm³/mol. The van der Waals surface area contributed by atoms with Crippen molar-refractivity contribution in [3.05, 3.63) is 6.33 Å². The Kier molecular flexibility index (Phi) is 6.80. The van der Waals surface area contributed by atoms with Crippen LogP contribution in [0.25, 0.3) is 0 Å². The first-order valence-corrected chi connectivity index (χ1v) is 9.05. The molecule has 8 heteroatoms. The van der Waals surface area contributed by atoms with Crippen molar-refractivity contribution in [1.29, 1.82) is 0 Å². The number of nitrogens with zero attached hydrogens (tertiary/aromatic N) is 4. The van der Waals surface area contributed by atoms with Crippen molar-refractivity contribution >= 4 is 15.9 Å². The zero-order valence-corrected chi connectivity index (χ0v) is 13.8. The van der Waals surface area contributed by atoms with E-state index in [1.165, 1.54) is 13.3 Å². The number of rotatable bonds is 8. The molecule has 0 spiro atoms. The first-order valence-electron chi connectivity index (χ1n) is 7.39. The number of hydrogen-bond donors (Lipinski definition) is 0. The maximum Gasteiger partial charge on any atom is 0.346 e. The smallest absolute Gasteiger partial charge is 0.323 e. The Morgan fingerprint density at radius 1 is 1.24 bits per heavy atom. The minimum Gasteiger partial charge on any atom is -0.323 e. The van der Waals surface area contributed by atoms with Gasteiger partial charge < -0.3 is 4.90 Å². The van der Waals surface area contributed by atoms with Crippen LogP contribution in [-0.4, -0.2) is 53.0 Å². The van der Waals surface area contributed by atoms with Gasteiger partial charge in [0, 0.05) is 13.1 Å². The number of aromatic nitrogens is 3. The molecule has 1 aromatic heterocycles. The second-order valence-corrected chi connectivity index (χ2v) is 6.97. The van der Waals surface area contributed by atoms with Crippen LogP contribution in [0.3, 0.4) is 0 Å². The van der Waals surface area contributed by atoms with E-state index in [-0.39, 0.29) is 16.9 Å². The van der Waals surface area contributed by atoms with E-state index >= 15 is 0 Å². The third-order valence-corrected chi connectivity index (χ3v) is 4.76. The third kappa shape index (κ3) is 4.80. The minimum absolute atomic E-state index is 0.0836. The summed E-state index contributed by atoms with van der Waals surface area (Å²) in [6.45, 7) is 6.74. The van der Waals surface area contributed by atoms with Crippen LogP contribution in [0.2, 0.25) is 0 Å². The number of unbranched alkanes of at least 4 members (excludes halogenated alkanes) is 3. The van der Waals surface area contributed by atoms with E-state index in [9.17, 15) is 13.2 Å². The molecule has 0 atom stereocenters. The van der Waals surface area contributed by atoms with Crippen LogP contribution in [0.15, 0.2) is 11.5 Å². The largest absolute Gasteiger partial charge is 0.346 e. The Morgan fingerprint density at radius 3 is 2.52 bits per heavy atom. The Balaban J connectivity index is 2.72. The van der Waals surface area contributed by atoms with Crippen LogP contribution in [0.4, 0.5) is 4.79 Å². The maximum atomic E-state index is 12.3. The van der Waals surface area contributed by atoms with Gasteiger partial charge >= 0.3 is 6.03 Å². The highest BCUT2D eigenvalue weighted by atomic mass is 32.2. The molecule has 0 aliphatic rings. The SMILES string of the molecule is CCCCCCN(CC)C(=O)n1cnc(S(=O)(=O)CC)n1. The van der Waals surface area contributed by atoms with Crippen molar-refractivity contribution in [2.24, 2.45) is 0 Å². The van der Waals surface area contributed by atoms with E-state index in [0.717, 1.165) is 30.4 Å². The van der Waals surface area contributed by atoms with Crippen molar-refractivity contribution in [2.75, 3.05) is 18.8 Å². The highest BCUT2D eigenvalue weighted by Gasteiger charge is 2.21. The van der Waals surface area contributed by atoms with Gasteiger partial charge in [-0.05, 0) is 13.3 Å². The van der Waals surface area contributed by atoms with E-state index in [2.05, 4.69) is 17.0 Å². The number of carbonyl (C=O) groups excluding carboxylic acids is 1. The van der Waals surface area contributed by atoms with Crippen LogP contribution in [0, 0.1) is 0 Å². The molecule has 1 aromatic rings. The highest BCUT2D eigenvalue weighted by molar-refractivity contribution is 7.91. The summed E-state index contributed by atoms with van der Waals surface area (Å²) in [5, 5.41) is 3.50. The van der Waals surface area contributed by atoms with Crippen LogP contribution in [-0.2, 0) is 9.84 Å². The molecule has 0 unspecified atom stereocenters. The molecule has 0 aliphatic heterocycles. The minimum atomic E-state index is -3.48. The van der Waals surface area contributed by atoms with Crippen LogP contribution in [0.1, 0.15) is 46.5 Å². The molecule has 0 saturated carbocycles. The number of amides is 1. The van der Waals surface area contributed by atoms with E-state index in [0.29, 0.717) is 13.1 Å². The maximum absolute atomic E-state index is 12.3. The molecule has 0 N–H and O–H groups in total. The summed E-state index contributed by atoms with van der Waals surface area (Å²) in [6.07, 6.45) is 5.46. The van der Waals surface area contributed by atoms with Crippen molar-refractivity contribution in [3.8, 4) is 0 Å². The second kappa shape index (κ2) is 8.11. The average Bonchev–Trinajstić information content (AvgIpc) is 2.97. The van der Waals surface area contributed by atoms with E-state index in [1.807, 2.05) is 6.92 Å². The summed E-state index contributed by atoms with van der Waals surface area (Å²) in [5.74, 6) is -0.0836. The van der Waals surface area contributed by atoms with Gasteiger partial charge in [0.2, 0.25) is 9.84 Å². The summed E-state index contributed by atoms with van der Waals surface area (Å²) in [4.78, 5) is 17.6. The molecule has 120 valence electrons. The number of hydrogen-bond acceptors (Lipinski definition) is 5. The molecule has 1 amide bonds. The quantitative estimate of drug-likeness (QED) is 0.684. The van der Waals surface area contributed by atoms with Gasteiger partial charge in [0.05, 0.1) is 5.75 Å². The molecule has 0 radical (unpaired) electrons. The first-order chi connectivity index (χ1) is 9.96. The second-order valence-electron chi connectivity index (χ2n) is 4.80. The Hall–Kier alpha value is -1.44. The van der Waals surface area contributed by atoms with Crippen LogP contribution in [0.5, 0.6) is 0 Å². The van der Waals surface area contributed by atoms with Gasteiger partial charge in [0.25, 0.3) is 5.16 Å². The molecule has 1 rings (SSSR count). The third-order valence-electron chi connectivity index (χ3n) is 3.26. The van der Waals surface area contributed by atoms with E-state index in [1.54, 1.807) is 4.90 Å². The number of sulfone groups is 1. The van der Waals surface area contributed by atoms with Gasteiger partial charge in [0.15, 0.2) is 0 Å². The molecule has 1 heterocycles. The molecular weight excluding hydrogens is 292 g/mol. The fourth-order valence-electron chi connectivity index (χ4n) is 1.87. The van der Waals surface area contributed by atoms with Crippen LogP contribution < -0.4 is 0 Å². The lowest BCUT2D eigenvalue weighted by molar-refractivity contribution is 0.197. The van der Waals surface area contributed by atoms with Gasteiger partial charge in [-0.2, -0.15) is 4.68 Å². The van der Waals surface area contributed by atoms with Gasteiger partial charge in [0.1, 0.15) is 6.33 Å². The summed E-state index contributed by atoms with van der Waals surface area (Å²) in [5.41, 5.74) is 0. The lowest BCUT2D eigenvalue weighted by Crippen LogP contribution is -2.35. The van der Waals surface area contributed by atoms with Crippen molar-refractivity contribution in [3.63, 3.8) is 0 Å². The zero-order chi connectivity index (χ0) is 15.9. The first kappa shape index (κ1) is 17.6. The average molecular weight is 316 g/mol. The normalized spacial score (nSPS) is 11.6. The zero-order valence-electron chi connectivity index (χ0n) is 12.9. The lowest BCUT2D eigenvalue weighted by atomic mass is 10.2. The Morgan fingerprint density at radius 2 is 1.95 bits per heavy atom. The van der Waals surface area contributed by atoms with E-state index < -0.39 is 9.84 Å². The Labute approximate surface area is 126 Å². The van der Waals surface area contributed by atoms with Gasteiger partial charge in [-0.15, -0.1) is 5.10 Å². The van der Waals surface area contributed by atoms with E-state index in [4.69, 9.17) is 0 Å². The monoisotopic (exact) mass is 316 g/mol. The molecule has 0 saturated heterocycles. The topological polar surface area (TPSA) is 85.2 Å². The molecule has 0 aliphatic carbocycles. The predicted octanol–water partition coefficient (Wildman–Crippen LogP) is 1.94. The summed E-state index contributed by atoms with van der Waals surface area (Å²) in [7, 11) is -3.48.